The van der Waals surface area contributed by atoms with Gasteiger partial charge in [0, 0.05) is 11.6 Å². The van der Waals surface area contributed by atoms with Crippen molar-refractivity contribution < 1.29 is 9.59 Å². The Morgan fingerprint density at radius 3 is 2.75 bits per heavy atom. The highest BCUT2D eigenvalue weighted by Crippen LogP contribution is 2.40. The second-order valence-electron chi connectivity index (χ2n) is 6.82. The molecule has 1 aliphatic carbocycles. The Morgan fingerprint density at radius 2 is 2.04 bits per heavy atom. The van der Waals surface area contributed by atoms with Gasteiger partial charge in [0.15, 0.2) is 0 Å². The van der Waals surface area contributed by atoms with Gasteiger partial charge in [-0.15, -0.1) is 11.3 Å². The Hall–Kier alpha value is -2.64. The number of nitrogens with one attached hydrogen (secondary N) is 2. The number of anilines is 2. The van der Waals surface area contributed by atoms with E-state index in [4.69, 9.17) is 11.6 Å². The van der Waals surface area contributed by atoms with Gasteiger partial charge in [-0.3, -0.25) is 9.59 Å². The molecule has 2 aromatic heterocycles. The van der Waals surface area contributed by atoms with Gasteiger partial charge in [0.05, 0.1) is 27.8 Å². The van der Waals surface area contributed by atoms with E-state index < -0.39 is 0 Å². The average Bonchev–Trinajstić information content (AvgIpc) is 3.18. The van der Waals surface area contributed by atoms with Crippen molar-refractivity contribution in [3.63, 3.8) is 0 Å². The van der Waals surface area contributed by atoms with Crippen LogP contribution in [-0.2, 0) is 0 Å². The third kappa shape index (κ3) is 3.95. The van der Waals surface area contributed by atoms with Crippen molar-refractivity contribution in [3.8, 4) is 0 Å². The largest absolute Gasteiger partial charge is 0.320 e. The maximum absolute atomic E-state index is 12.7. The van der Waals surface area contributed by atoms with Crippen LogP contribution in [0.5, 0.6) is 0 Å². The van der Waals surface area contributed by atoms with Crippen LogP contribution < -0.4 is 10.6 Å². The lowest BCUT2D eigenvalue weighted by Gasteiger charge is -2.15. The summed E-state index contributed by atoms with van der Waals surface area (Å²) in [6.07, 6.45) is 4.07. The van der Waals surface area contributed by atoms with Crippen molar-refractivity contribution in [2.45, 2.75) is 25.8 Å². The molecule has 2 N–H and O–H groups in total. The monoisotopic (exact) mass is 414 g/mol. The minimum absolute atomic E-state index is 0.246. The number of rotatable bonds is 6. The van der Waals surface area contributed by atoms with Crippen molar-refractivity contribution in [3.05, 3.63) is 63.4 Å². The maximum atomic E-state index is 12.7. The standard InChI is InChI=1S/C20H19ClN4O2S/c1-12(13-4-5-13)25-18(8-9-22-25)24-19(26)14-6-7-15(21)16(11-14)23-20(27)17-3-2-10-28-17/h2-3,6-13H,4-5H2,1H3,(H,23,27)(H,24,26). The van der Waals surface area contributed by atoms with Gasteiger partial charge in [0.25, 0.3) is 11.8 Å². The van der Waals surface area contributed by atoms with E-state index in [9.17, 15) is 9.59 Å². The molecule has 0 saturated heterocycles. The molecule has 0 radical (unpaired) electrons. The van der Waals surface area contributed by atoms with Crippen LogP contribution in [-0.4, -0.2) is 21.6 Å². The highest BCUT2D eigenvalue weighted by Gasteiger charge is 2.30. The number of aromatic nitrogens is 2. The second-order valence-corrected chi connectivity index (χ2v) is 8.17. The molecule has 3 aromatic rings. The Labute approximate surface area is 171 Å². The van der Waals surface area contributed by atoms with Crippen LogP contribution in [0.1, 0.15) is 45.8 Å². The first-order chi connectivity index (χ1) is 13.5. The van der Waals surface area contributed by atoms with Crippen LogP contribution in [0.15, 0.2) is 48.0 Å². The SMILES string of the molecule is CC(C1CC1)n1nccc1NC(=O)c1ccc(Cl)c(NC(=O)c2cccs2)c1. The molecule has 6 nitrogen and oxygen atoms in total. The fourth-order valence-corrected chi connectivity index (χ4v) is 3.84. The fraction of sp³-hybridized carbons (Fsp3) is 0.250. The summed E-state index contributed by atoms with van der Waals surface area (Å²) >= 11 is 7.54. The lowest BCUT2D eigenvalue weighted by atomic mass is 10.2. The van der Waals surface area contributed by atoms with Gasteiger partial charge in [0.1, 0.15) is 5.82 Å². The second kappa shape index (κ2) is 7.77. The van der Waals surface area contributed by atoms with Gasteiger partial charge in [-0.1, -0.05) is 17.7 Å². The summed E-state index contributed by atoms with van der Waals surface area (Å²) in [5.74, 6) is 0.729. The number of hydrogen-bond acceptors (Lipinski definition) is 4. The molecule has 1 aromatic carbocycles. The molecule has 1 unspecified atom stereocenters. The van der Waals surface area contributed by atoms with Crippen molar-refractivity contribution in [1.29, 1.82) is 0 Å². The molecule has 1 saturated carbocycles. The van der Waals surface area contributed by atoms with Crippen LogP contribution in [0.4, 0.5) is 11.5 Å². The predicted molar refractivity (Wildman–Crippen MR) is 111 cm³/mol. The molecule has 0 spiro atoms. The molecular weight excluding hydrogens is 396 g/mol. The first-order valence-electron chi connectivity index (χ1n) is 9.02. The lowest BCUT2D eigenvalue weighted by Crippen LogP contribution is -2.19. The number of halogens is 1. The average molecular weight is 415 g/mol. The summed E-state index contributed by atoms with van der Waals surface area (Å²) in [5, 5.41) is 12.2. The Bertz CT molecular complexity index is 1010. The van der Waals surface area contributed by atoms with Crippen molar-refractivity contribution in [2.75, 3.05) is 10.6 Å². The summed E-state index contributed by atoms with van der Waals surface area (Å²) in [6, 6.07) is 10.4. The molecule has 0 aliphatic heterocycles. The molecule has 4 rings (SSSR count). The Kier molecular flexibility index (Phi) is 5.19. The molecule has 2 amide bonds. The van der Waals surface area contributed by atoms with Gasteiger partial charge in [-0.05, 0) is 55.3 Å². The van der Waals surface area contributed by atoms with Crippen molar-refractivity contribution >= 4 is 46.3 Å². The van der Waals surface area contributed by atoms with Crippen LogP contribution >= 0.6 is 22.9 Å². The molecule has 1 atom stereocenters. The first-order valence-corrected chi connectivity index (χ1v) is 10.3. The fourth-order valence-electron chi connectivity index (χ4n) is 3.06. The third-order valence-corrected chi connectivity index (χ3v) is 6.02. The molecule has 8 heteroatoms. The van der Waals surface area contributed by atoms with E-state index in [1.807, 2.05) is 10.1 Å². The smallest absolute Gasteiger partial charge is 0.265 e. The summed E-state index contributed by atoms with van der Waals surface area (Å²) < 4.78 is 1.85. The number of benzene rings is 1. The quantitative estimate of drug-likeness (QED) is 0.591. The number of carbonyl (C=O) groups excluding carboxylic acids is 2. The molecule has 0 bridgehead atoms. The minimum Gasteiger partial charge on any atom is -0.320 e. The van der Waals surface area contributed by atoms with Gasteiger partial charge in [-0.25, -0.2) is 4.68 Å². The van der Waals surface area contributed by atoms with E-state index in [-0.39, 0.29) is 17.9 Å². The van der Waals surface area contributed by atoms with Crippen molar-refractivity contribution in [1.82, 2.24) is 9.78 Å². The van der Waals surface area contributed by atoms with E-state index in [1.54, 1.807) is 42.6 Å². The highest BCUT2D eigenvalue weighted by atomic mass is 35.5. The Balaban J connectivity index is 1.51. The molecule has 1 aliphatic rings. The minimum atomic E-state index is -0.284. The van der Waals surface area contributed by atoms with Crippen molar-refractivity contribution in [2.24, 2.45) is 5.92 Å². The van der Waals surface area contributed by atoms with Crippen LogP contribution in [0.25, 0.3) is 0 Å². The molecule has 144 valence electrons. The zero-order valence-electron chi connectivity index (χ0n) is 15.2. The summed E-state index contributed by atoms with van der Waals surface area (Å²) in [7, 11) is 0. The van der Waals surface area contributed by atoms with E-state index in [0.29, 0.717) is 32.9 Å². The predicted octanol–water partition coefficient (Wildman–Crippen LogP) is 5.07. The number of thiophene rings is 1. The zero-order valence-corrected chi connectivity index (χ0v) is 16.8. The molecule has 28 heavy (non-hydrogen) atoms. The number of hydrogen-bond donors (Lipinski definition) is 2. The van der Waals surface area contributed by atoms with Crippen LogP contribution in [0.3, 0.4) is 0 Å². The normalized spacial score (nSPS) is 14.5. The van der Waals surface area contributed by atoms with E-state index in [1.165, 1.54) is 24.2 Å². The topological polar surface area (TPSA) is 76.0 Å². The lowest BCUT2D eigenvalue weighted by molar-refractivity contribution is 0.101. The number of amides is 2. The van der Waals surface area contributed by atoms with Gasteiger partial charge < -0.3 is 10.6 Å². The maximum Gasteiger partial charge on any atom is 0.265 e. The van der Waals surface area contributed by atoms with Crippen LogP contribution in [0.2, 0.25) is 5.02 Å². The summed E-state index contributed by atoms with van der Waals surface area (Å²) in [6.45, 7) is 2.11. The van der Waals surface area contributed by atoms with Crippen LogP contribution in [0, 0.1) is 5.92 Å². The number of nitrogens with zero attached hydrogens (tertiary/aromatic N) is 2. The van der Waals surface area contributed by atoms with E-state index in [0.717, 1.165) is 0 Å². The summed E-state index contributed by atoms with van der Waals surface area (Å²) in [5.41, 5.74) is 0.797. The molecular formula is C20H19ClN4O2S. The molecule has 2 heterocycles. The third-order valence-electron chi connectivity index (χ3n) is 4.82. The number of carbonyl (C=O) groups is 2. The summed E-state index contributed by atoms with van der Waals surface area (Å²) in [4.78, 5) is 25.6. The molecule has 1 fully saturated rings. The highest BCUT2D eigenvalue weighted by molar-refractivity contribution is 7.12. The Morgan fingerprint density at radius 1 is 1.21 bits per heavy atom. The van der Waals surface area contributed by atoms with Gasteiger partial charge in [0.2, 0.25) is 0 Å². The van der Waals surface area contributed by atoms with E-state index in [2.05, 4.69) is 22.7 Å². The van der Waals surface area contributed by atoms with Gasteiger partial charge >= 0.3 is 0 Å². The van der Waals surface area contributed by atoms with Gasteiger partial charge in [-0.2, -0.15) is 5.10 Å². The van der Waals surface area contributed by atoms with E-state index >= 15 is 0 Å². The first kappa shape index (κ1) is 18.7. The zero-order chi connectivity index (χ0) is 19.7.